The first-order chi connectivity index (χ1) is 12.6. The fourth-order valence-electron chi connectivity index (χ4n) is 2.15. The number of aliphatic imine (C=N–C) groups is 1. The molecule has 150 valence electrons. The molecule has 0 aromatic heterocycles. The standard InChI is InChI=1S/C21H31ClFN3O/c1-9-11-14(5)20(24)27-17(10-2)12-18(13(3)4)21(25-8)26-16(7)19(23)15(6)22/h10,12,14,24H,3,7,9,11H2,1-2,4-6,8H3,(H,25,26)/b17-10?,18-12+,19-15-,24-20?. The van der Waals surface area contributed by atoms with Crippen LogP contribution in [0.15, 0.2) is 63.8 Å². The maximum atomic E-state index is 14.0. The molecule has 0 rings (SSSR count). The molecule has 0 saturated heterocycles. The van der Waals surface area contributed by atoms with E-state index in [0.29, 0.717) is 22.7 Å². The van der Waals surface area contributed by atoms with Crippen LogP contribution in [0.25, 0.3) is 0 Å². The van der Waals surface area contributed by atoms with Crippen molar-refractivity contribution in [2.45, 2.75) is 47.5 Å². The molecule has 0 aliphatic carbocycles. The molecular formula is C21H31ClFN3O. The van der Waals surface area contributed by atoms with Crippen molar-refractivity contribution in [1.82, 2.24) is 5.32 Å². The fraction of sp³-hybridized carbons (Fsp3) is 0.429. The Kier molecular flexibility index (Phi) is 11.3. The Hall–Kier alpha value is -2.14. The third-order valence-corrected chi connectivity index (χ3v) is 3.91. The van der Waals surface area contributed by atoms with Gasteiger partial charge in [-0.15, -0.1) is 0 Å². The Labute approximate surface area is 167 Å². The first kappa shape index (κ1) is 24.9. The van der Waals surface area contributed by atoms with Crippen LogP contribution in [0, 0.1) is 11.3 Å². The van der Waals surface area contributed by atoms with E-state index in [2.05, 4.69) is 30.4 Å². The molecule has 0 aliphatic heterocycles. The highest BCUT2D eigenvalue weighted by atomic mass is 35.5. The summed E-state index contributed by atoms with van der Waals surface area (Å²) in [5, 5.41) is 10.9. The smallest absolute Gasteiger partial charge is 0.190 e. The molecule has 27 heavy (non-hydrogen) atoms. The number of allylic oxidation sites excluding steroid dienone is 4. The lowest BCUT2D eigenvalue weighted by molar-refractivity contribution is 0.385. The lowest BCUT2D eigenvalue weighted by Crippen LogP contribution is -2.25. The summed E-state index contributed by atoms with van der Waals surface area (Å²) >= 11 is 5.69. The van der Waals surface area contributed by atoms with E-state index in [1.807, 2.05) is 13.8 Å². The summed E-state index contributed by atoms with van der Waals surface area (Å²) < 4.78 is 19.7. The van der Waals surface area contributed by atoms with Crippen LogP contribution in [0.4, 0.5) is 4.39 Å². The molecule has 1 atom stereocenters. The molecule has 0 spiro atoms. The van der Waals surface area contributed by atoms with Crippen LogP contribution in [-0.4, -0.2) is 18.8 Å². The second kappa shape index (κ2) is 12.3. The normalized spacial score (nSPS) is 15.0. The summed E-state index contributed by atoms with van der Waals surface area (Å²) in [4.78, 5) is 4.17. The molecule has 1 unspecified atom stereocenters. The van der Waals surface area contributed by atoms with Crippen LogP contribution in [0.5, 0.6) is 0 Å². The summed E-state index contributed by atoms with van der Waals surface area (Å²) in [6.45, 7) is 16.7. The van der Waals surface area contributed by atoms with Gasteiger partial charge < -0.3 is 10.1 Å². The highest BCUT2D eigenvalue weighted by molar-refractivity contribution is 6.29. The van der Waals surface area contributed by atoms with E-state index in [1.54, 1.807) is 26.1 Å². The monoisotopic (exact) mass is 395 g/mol. The predicted molar refractivity (Wildman–Crippen MR) is 115 cm³/mol. The minimum atomic E-state index is -0.642. The zero-order valence-electron chi connectivity index (χ0n) is 17.2. The van der Waals surface area contributed by atoms with Crippen LogP contribution < -0.4 is 5.32 Å². The first-order valence-electron chi connectivity index (χ1n) is 8.84. The maximum absolute atomic E-state index is 14.0. The van der Waals surface area contributed by atoms with E-state index >= 15 is 0 Å². The first-order valence-corrected chi connectivity index (χ1v) is 9.22. The highest BCUT2D eigenvalue weighted by Gasteiger charge is 2.15. The minimum Gasteiger partial charge on any atom is -0.444 e. The molecule has 0 amide bonds. The van der Waals surface area contributed by atoms with Crippen LogP contribution in [-0.2, 0) is 4.74 Å². The van der Waals surface area contributed by atoms with E-state index in [0.717, 1.165) is 12.8 Å². The van der Waals surface area contributed by atoms with Crippen LogP contribution in [0.1, 0.15) is 47.5 Å². The molecule has 0 saturated carbocycles. The third kappa shape index (κ3) is 8.39. The lowest BCUT2D eigenvalue weighted by atomic mass is 10.1. The number of rotatable bonds is 9. The molecule has 0 aliphatic rings. The van der Waals surface area contributed by atoms with Gasteiger partial charge in [0, 0.05) is 18.5 Å². The Morgan fingerprint density at radius 2 is 1.96 bits per heavy atom. The molecule has 4 nitrogen and oxygen atoms in total. The molecule has 0 radical (unpaired) electrons. The largest absolute Gasteiger partial charge is 0.444 e. The van der Waals surface area contributed by atoms with E-state index in [9.17, 15) is 4.39 Å². The number of halogens is 2. The second-order valence-electron chi connectivity index (χ2n) is 6.21. The molecule has 6 heteroatoms. The number of amidine groups is 1. The Balaban J connectivity index is 5.66. The van der Waals surface area contributed by atoms with Crippen molar-refractivity contribution in [2.24, 2.45) is 10.9 Å². The zero-order valence-corrected chi connectivity index (χ0v) is 17.9. The number of nitrogens with zero attached hydrogens (tertiary/aromatic N) is 1. The molecular weight excluding hydrogens is 365 g/mol. The molecule has 0 aromatic carbocycles. The van der Waals surface area contributed by atoms with Gasteiger partial charge in [-0.05, 0) is 44.9 Å². The van der Waals surface area contributed by atoms with Crippen molar-refractivity contribution in [3.8, 4) is 0 Å². The van der Waals surface area contributed by atoms with Gasteiger partial charge in [-0.25, -0.2) is 4.39 Å². The second-order valence-corrected chi connectivity index (χ2v) is 6.78. The predicted octanol–water partition coefficient (Wildman–Crippen LogP) is 6.39. The highest BCUT2D eigenvalue weighted by Crippen LogP contribution is 2.19. The molecule has 0 bridgehead atoms. The van der Waals surface area contributed by atoms with Crippen molar-refractivity contribution >= 4 is 23.3 Å². The molecule has 2 N–H and O–H groups in total. The summed E-state index contributed by atoms with van der Waals surface area (Å²) in [5.74, 6) is 0.434. The van der Waals surface area contributed by atoms with E-state index in [4.69, 9.17) is 21.7 Å². The van der Waals surface area contributed by atoms with Gasteiger partial charge in [-0.2, -0.15) is 0 Å². The third-order valence-electron chi connectivity index (χ3n) is 3.74. The van der Waals surface area contributed by atoms with Gasteiger partial charge >= 0.3 is 0 Å². The fourth-order valence-corrected chi connectivity index (χ4v) is 2.26. The van der Waals surface area contributed by atoms with Crippen molar-refractivity contribution in [1.29, 1.82) is 5.41 Å². The Morgan fingerprint density at radius 1 is 1.37 bits per heavy atom. The van der Waals surface area contributed by atoms with Gasteiger partial charge in [0.1, 0.15) is 11.6 Å². The molecule has 0 aromatic rings. The van der Waals surface area contributed by atoms with Crippen molar-refractivity contribution in [3.05, 3.63) is 58.8 Å². The SMILES string of the molecule is C=C(NC(=NC)/C(=C/C(=CC)OC(=N)C(C)CCC)C(=C)C)/C(F)=C(\C)Cl. The van der Waals surface area contributed by atoms with Crippen LogP contribution in [0.2, 0.25) is 0 Å². The quantitative estimate of drug-likeness (QED) is 0.205. The number of nitrogens with one attached hydrogen (secondary N) is 2. The van der Waals surface area contributed by atoms with Crippen LogP contribution >= 0.6 is 11.6 Å². The van der Waals surface area contributed by atoms with Gasteiger partial charge in [0.15, 0.2) is 11.7 Å². The van der Waals surface area contributed by atoms with Gasteiger partial charge in [0.2, 0.25) is 0 Å². The van der Waals surface area contributed by atoms with Gasteiger partial charge in [-0.1, -0.05) is 45.0 Å². The average molecular weight is 396 g/mol. The van der Waals surface area contributed by atoms with Crippen LogP contribution in [0.3, 0.4) is 0 Å². The molecule has 0 fully saturated rings. The number of hydrogen-bond acceptors (Lipinski definition) is 3. The lowest BCUT2D eigenvalue weighted by Gasteiger charge is -2.17. The van der Waals surface area contributed by atoms with Crippen molar-refractivity contribution < 1.29 is 9.13 Å². The van der Waals surface area contributed by atoms with Crippen molar-refractivity contribution in [3.63, 3.8) is 0 Å². The average Bonchev–Trinajstić information content (AvgIpc) is 2.61. The van der Waals surface area contributed by atoms with Gasteiger partial charge in [0.05, 0.1) is 10.7 Å². The minimum absolute atomic E-state index is 0.000330. The number of hydrogen-bond donors (Lipinski definition) is 2. The summed E-state index contributed by atoms with van der Waals surface area (Å²) in [6, 6.07) is 0. The molecule has 0 heterocycles. The van der Waals surface area contributed by atoms with Crippen molar-refractivity contribution in [2.75, 3.05) is 7.05 Å². The van der Waals surface area contributed by atoms with E-state index in [-0.39, 0.29) is 22.5 Å². The Bertz CT molecular complexity index is 698. The maximum Gasteiger partial charge on any atom is 0.190 e. The van der Waals surface area contributed by atoms with E-state index in [1.165, 1.54) is 6.92 Å². The zero-order chi connectivity index (χ0) is 21.1. The van der Waals surface area contributed by atoms with Gasteiger partial charge in [-0.3, -0.25) is 10.4 Å². The summed E-state index contributed by atoms with van der Waals surface area (Å²) in [7, 11) is 1.57. The number of ether oxygens (including phenoxy) is 1. The van der Waals surface area contributed by atoms with E-state index < -0.39 is 5.83 Å². The summed E-state index contributed by atoms with van der Waals surface area (Å²) in [6.07, 6.45) is 5.32. The van der Waals surface area contributed by atoms with Gasteiger partial charge in [0.25, 0.3) is 0 Å². The Morgan fingerprint density at radius 3 is 2.37 bits per heavy atom. The summed E-state index contributed by atoms with van der Waals surface area (Å²) in [5.41, 5.74) is 1.31. The topological polar surface area (TPSA) is 57.5 Å².